The highest BCUT2D eigenvalue weighted by Gasteiger charge is 2.11. The molecule has 2 heteroatoms. The van der Waals surface area contributed by atoms with Gasteiger partial charge in [-0.1, -0.05) is 42.5 Å². The maximum absolute atomic E-state index is 13.9. The molecule has 0 aliphatic heterocycles. The van der Waals surface area contributed by atoms with Gasteiger partial charge in [0.05, 0.1) is 0 Å². The third-order valence-electron chi connectivity index (χ3n) is 2.26. The van der Waals surface area contributed by atoms with Gasteiger partial charge in [-0.3, -0.25) is 0 Å². The van der Waals surface area contributed by atoms with Crippen molar-refractivity contribution in [1.29, 1.82) is 0 Å². The average molecular weight is 202 g/mol. The quantitative estimate of drug-likeness (QED) is 0.790. The summed E-state index contributed by atoms with van der Waals surface area (Å²) in [6.45, 7) is 0. The fourth-order valence-corrected chi connectivity index (χ4v) is 1.50. The Bertz CT molecular complexity index is 439. The Labute approximate surface area is 87.8 Å². The van der Waals surface area contributed by atoms with E-state index < -0.39 is 6.17 Å². The lowest BCUT2D eigenvalue weighted by atomic mass is 10.0. The molecule has 0 aliphatic rings. The van der Waals surface area contributed by atoms with Gasteiger partial charge in [-0.05, 0) is 23.3 Å². The molecule has 0 amide bonds. The number of phenols is 1. The first-order valence-corrected chi connectivity index (χ1v) is 4.75. The minimum Gasteiger partial charge on any atom is -0.508 e. The van der Waals surface area contributed by atoms with Gasteiger partial charge in [0.25, 0.3) is 0 Å². The highest BCUT2D eigenvalue weighted by Crippen LogP contribution is 2.27. The van der Waals surface area contributed by atoms with Crippen molar-refractivity contribution in [2.75, 3.05) is 0 Å². The number of aromatic hydroxyl groups is 1. The average Bonchev–Trinajstić information content (AvgIpc) is 2.29. The lowest BCUT2D eigenvalue weighted by Gasteiger charge is -2.08. The molecule has 0 saturated heterocycles. The van der Waals surface area contributed by atoms with Gasteiger partial charge >= 0.3 is 0 Å². The predicted molar refractivity (Wildman–Crippen MR) is 57.5 cm³/mol. The molecule has 1 atom stereocenters. The third-order valence-corrected chi connectivity index (χ3v) is 2.26. The number of hydrogen-bond donors (Lipinski definition) is 1. The summed E-state index contributed by atoms with van der Waals surface area (Å²) >= 11 is 0. The molecule has 1 N–H and O–H groups in total. The molecule has 0 heterocycles. The lowest BCUT2D eigenvalue weighted by Crippen LogP contribution is -1.93. The zero-order valence-corrected chi connectivity index (χ0v) is 8.10. The van der Waals surface area contributed by atoms with Gasteiger partial charge in [0, 0.05) is 0 Å². The molecule has 0 radical (unpaired) electrons. The summed E-state index contributed by atoms with van der Waals surface area (Å²) in [7, 11) is 0. The van der Waals surface area contributed by atoms with E-state index in [2.05, 4.69) is 0 Å². The van der Waals surface area contributed by atoms with Crippen LogP contribution in [0.2, 0.25) is 0 Å². The molecule has 0 aliphatic carbocycles. The second-order valence-corrected chi connectivity index (χ2v) is 3.37. The van der Waals surface area contributed by atoms with Crippen LogP contribution in [0.15, 0.2) is 54.6 Å². The molecule has 1 unspecified atom stereocenters. The third kappa shape index (κ3) is 2.15. The molecule has 2 aromatic carbocycles. The van der Waals surface area contributed by atoms with Gasteiger partial charge in [-0.15, -0.1) is 0 Å². The van der Waals surface area contributed by atoms with Crippen LogP contribution < -0.4 is 0 Å². The van der Waals surface area contributed by atoms with E-state index >= 15 is 0 Å². The Hall–Kier alpha value is -1.83. The van der Waals surface area contributed by atoms with E-state index in [0.29, 0.717) is 11.1 Å². The standard InChI is InChI=1S/C13H11FO/c14-13(10-5-2-1-3-6-10)11-7-4-8-12(15)9-11/h1-9,13,15H. The van der Waals surface area contributed by atoms with Crippen molar-refractivity contribution >= 4 is 0 Å². The normalized spacial score (nSPS) is 12.3. The van der Waals surface area contributed by atoms with E-state index in [1.165, 1.54) is 12.1 Å². The first-order valence-electron chi connectivity index (χ1n) is 4.75. The first-order chi connectivity index (χ1) is 7.27. The molecule has 0 fully saturated rings. The van der Waals surface area contributed by atoms with E-state index in [9.17, 15) is 9.50 Å². The number of halogens is 1. The molecule has 76 valence electrons. The zero-order chi connectivity index (χ0) is 10.7. The monoisotopic (exact) mass is 202 g/mol. The Balaban J connectivity index is 2.32. The number of phenolic OH excluding ortho intramolecular Hbond substituents is 1. The Morgan fingerprint density at radius 1 is 0.867 bits per heavy atom. The van der Waals surface area contributed by atoms with Crippen LogP contribution in [0.5, 0.6) is 5.75 Å². The molecule has 0 spiro atoms. The molecule has 2 rings (SSSR count). The molecule has 0 aromatic heterocycles. The van der Waals surface area contributed by atoms with Gasteiger partial charge in [-0.25, -0.2) is 4.39 Å². The van der Waals surface area contributed by atoms with Crippen LogP contribution in [-0.4, -0.2) is 5.11 Å². The van der Waals surface area contributed by atoms with Crippen molar-refractivity contribution in [3.05, 3.63) is 65.7 Å². The fourth-order valence-electron chi connectivity index (χ4n) is 1.50. The van der Waals surface area contributed by atoms with Gasteiger partial charge in [0.15, 0.2) is 6.17 Å². The van der Waals surface area contributed by atoms with Crippen LogP contribution in [-0.2, 0) is 0 Å². The SMILES string of the molecule is Oc1cccc(C(F)c2ccccc2)c1. The smallest absolute Gasteiger partial charge is 0.150 e. The van der Waals surface area contributed by atoms with E-state index in [4.69, 9.17) is 0 Å². The van der Waals surface area contributed by atoms with Crippen molar-refractivity contribution < 1.29 is 9.50 Å². The Morgan fingerprint density at radius 3 is 2.20 bits per heavy atom. The minimum atomic E-state index is -1.18. The number of alkyl halides is 1. The van der Waals surface area contributed by atoms with Crippen molar-refractivity contribution in [2.24, 2.45) is 0 Å². The van der Waals surface area contributed by atoms with Gasteiger partial charge in [-0.2, -0.15) is 0 Å². The summed E-state index contributed by atoms with van der Waals surface area (Å²) < 4.78 is 13.9. The molecule has 2 aromatic rings. The second kappa shape index (κ2) is 4.13. The van der Waals surface area contributed by atoms with E-state index in [1.54, 1.807) is 36.4 Å². The van der Waals surface area contributed by atoms with Crippen molar-refractivity contribution in [3.8, 4) is 5.75 Å². The highest BCUT2D eigenvalue weighted by molar-refractivity contribution is 5.34. The van der Waals surface area contributed by atoms with Crippen LogP contribution in [0.4, 0.5) is 4.39 Å². The molecule has 1 nitrogen and oxygen atoms in total. The van der Waals surface area contributed by atoms with Crippen molar-refractivity contribution in [3.63, 3.8) is 0 Å². The summed E-state index contributed by atoms with van der Waals surface area (Å²) in [5, 5.41) is 9.24. The number of hydrogen-bond acceptors (Lipinski definition) is 1. The molecule has 0 saturated carbocycles. The van der Waals surface area contributed by atoms with Gasteiger partial charge < -0.3 is 5.11 Å². The highest BCUT2D eigenvalue weighted by atomic mass is 19.1. The topological polar surface area (TPSA) is 20.2 Å². The maximum Gasteiger partial charge on any atom is 0.150 e. The van der Waals surface area contributed by atoms with Crippen LogP contribution in [0, 0.1) is 0 Å². The molecule has 15 heavy (non-hydrogen) atoms. The van der Waals surface area contributed by atoms with Crippen molar-refractivity contribution in [2.45, 2.75) is 6.17 Å². The fraction of sp³-hybridized carbons (Fsp3) is 0.0769. The van der Waals surface area contributed by atoms with Crippen LogP contribution >= 0.6 is 0 Å². The lowest BCUT2D eigenvalue weighted by molar-refractivity contribution is 0.398. The largest absolute Gasteiger partial charge is 0.508 e. The molecular weight excluding hydrogens is 191 g/mol. The van der Waals surface area contributed by atoms with Crippen LogP contribution in [0.25, 0.3) is 0 Å². The predicted octanol–water partition coefficient (Wildman–Crippen LogP) is 3.45. The molecular formula is C13H11FO. The maximum atomic E-state index is 13.9. The Kier molecular flexibility index (Phi) is 2.68. The second-order valence-electron chi connectivity index (χ2n) is 3.37. The summed E-state index contributed by atoms with van der Waals surface area (Å²) in [4.78, 5) is 0. The van der Waals surface area contributed by atoms with Crippen LogP contribution in [0.3, 0.4) is 0 Å². The summed E-state index contributed by atoms with van der Waals surface area (Å²) in [5.74, 6) is 0.0890. The summed E-state index contributed by atoms with van der Waals surface area (Å²) in [6.07, 6.45) is -1.18. The van der Waals surface area contributed by atoms with Gasteiger partial charge in [0.1, 0.15) is 5.75 Å². The summed E-state index contributed by atoms with van der Waals surface area (Å²) in [6, 6.07) is 15.2. The zero-order valence-electron chi connectivity index (χ0n) is 8.10. The minimum absolute atomic E-state index is 0.0890. The van der Waals surface area contributed by atoms with Crippen molar-refractivity contribution in [1.82, 2.24) is 0 Å². The summed E-state index contributed by atoms with van der Waals surface area (Å²) in [5.41, 5.74) is 1.07. The van der Waals surface area contributed by atoms with E-state index in [1.807, 2.05) is 6.07 Å². The van der Waals surface area contributed by atoms with Crippen LogP contribution in [0.1, 0.15) is 17.3 Å². The first kappa shape index (κ1) is 9.71. The van der Waals surface area contributed by atoms with Gasteiger partial charge in [0.2, 0.25) is 0 Å². The number of benzene rings is 2. The molecule has 0 bridgehead atoms. The van der Waals surface area contributed by atoms with E-state index in [0.717, 1.165) is 0 Å². The Morgan fingerprint density at radius 2 is 1.53 bits per heavy atom. The number of rotatable bonds is 2. The van der Waals surface area contributed by atoms with E-state index in [-0.39, 0.29) is 5.75 Å².